The second kappa shape index (κ2) is 6.68. The monoisotopic (exact) mass is 270 g/mol. The minimum absolute atomic E-state index is 0.0411. The number of nitrogens with zero attached hydrogens (tertiary/aromatic N) is 2. The lowest BCUT2D eigenvalue weighted by atomic mass is 9.93. The summed E-state index contributed by atoms with van der Waals surface area (Å²) in [7, 11) is 5.68. The molecule has 3 unspecified atom stereocenters. The topological polar surface area (TPSA) is 42.0 Å². The molecule has 0 bridgehead atoms. The molecule has 2 rings (SSSR count). The molecule has 2 fully saturated rings. The summed E-state index contributed by atoms with van der Waals surface area (Å²) in [5.74, 6) is 0.526. The summed E-state index contributed by atoms with van der Waals surface area (Å²) in [6.07, 6.45) is 2.03. The molecule has 19 heavy (non-hydrogen) atoms. The van der Waals surface area contributed by atoms with Gasteiger partial charge < -0.3 is 14.4 Å². The van der Waals surface area contributed by atoms with Crippen LogP contribution in [-0.2, 0) is 14.3 Å². The first kappa shape index (κ1) is 14.8. The van der Waals surface area contributed by atoms with E-state index in [0.29, 0.717) is 12.0 Å². The van der Waals surface area contributed by atoms with Gasteiger partial charge in [-0.2, -0.15) is 0 Å². The van der Waals surface area contributed by atoms with Crippen LogP contribution >= 0.6 is 0 Å². The van der Waals surface area contributed by atoms with Crippen molar-refractivity contribution in [2.45, 2.75) is 18.9 Å². The van der Waals surface area contributed by atoms with Crippen LogP contribution in [0.4, 0.5) is 0 Å². The van der Waals surface area contributed by atoms with Crippen molar-refractivity contribution in [3.05, 3.63) is 0 Å². The molecule has 5 heteroatoms. The molecule has 5 nitrogen and oxygen atoms in total. The van der Waals surface area contributed by atoms with Crippen molar-refractivity contribution < 1.29 is 14.3 Å². The summed E-state index contributed by atoms with van der Waals surface area (Å²) in [4.78, 5) is 16.4. The Morgan fingerprint density at radius 3 is 2.89 bits per heavy atom. The van der Waals surface area contributed by atoms with Gasteiger partial charge >= 0.3 is 5.97 Å². The minimum Gasteiger partial charge on any atom is -0.469 e. The van der Waals surface area contributed by atoms with Crippen molar-refractivity contribution in [2.24, 2.45) is 11.8 Å². The largest absolute Gasteiger partial charge is 0.469 e. The van der Waals surface area contributed by atoms with E-state index in [9.17, 15) is 4.79 Å². The van der Waals surface area contributed by atoms with Gasteiger partial charge in [-0.1, -0.05) is 0 Å². The van der Waals surface area contributed by atoms with Crippen LogP contribution in [0.2, 0.25) is 0 Å². The normalized spacial score (nSPS) is 32.7. The minimum atomic E-state index is -0.0622. The van der Waals surface area contributed by atoms with Crippen molar-refractivity contribution in [3.8, 4) is 0 Å². The molecule has 0 aromatic carbocycles. The third-order valence-corrected chi connectivity index (χ3v) is 4.22. The lowest BCUT2D eigenvalue weighted by Crippen LogP contribution is -2.49. The first-order chi connectivity index (χ1) is 9.11. The van der Waals surface area contributed by atoms with Gasteiger partial charge in [0.1, 0.15) is 0 Å². The smallest absolute Gasteiger partial charge is 0.309 e. The zero-order valence-corrected chi connectivity index (χ0v) is 12.3. The van der Waals surface area contributed by atoms with E-state index in [-0.39, 0.29) is 11.9 Å². The Morgan fingerprint density at radius 1 is 1.42 bits per heavy atom. The number of hydrogen-bond donors (Lipinski definition) is 0. The average molecular weight is 270 g/mol. The van der Waals surface area contributed by atoms with Crippen LogP contribution in [0, 0.1) is 11.8 Å². The maximum Gasteiger partial charge on any atom is 0.309 e. The van der Waals surface area contributed by atoms with E-state index in [1.165, 1.54) is 7.11 Å². The van der Waals surface area contributed by atoms with Crippen molar-refractivity contribution >= 4 is 5.97 Å². The average Bonchev–Trinajstić information content (AvgIpc) is 2.85. The quantitative estimate of drug-likeness (QED) is 0.694. The van der Waals surface area contributed by atoms with E-state index in [1.54, 1.807) is 0 Å². The molecule has 0 N–H and O–H groups in total. The second-order valence-corrected chi connectivity index (χ2v) is 5.98. The molecule has 2 saturated heterocycles. The fourth-order valence-corrected chi connectivity index (χ4v) is 3.30. The zero-order valence-electron chi connectivity index (χ0n) is 12.3. The molecule has 2 aliphatic heterocycles. The molecule has 110 valence electrons. The second-order valence-electron chi connectivity index (χ2n) is 5.98. The summed E-state index contributed by atoms with van der Waals surface area (Å²) in [6.45, 7) is 4.58. The molecule has 0 radical (unpaired) electrons. The molecule has 3 atom stereocenters. The lowest BCUT2D eigenvalue weighted by molar-refractivity contribution is -0.147. The highest BCUT2D eigenvalue weighted by atomic mass is 16.5. The Labute approximate surface area is 115 Å². The maximum absolute atomic E-state index is 11.7. The van der Waals surface area contributed by atoms with Crippen LogP contribution in [0.3, 0.4) is 0 Å². The van der Waals surface area contributed by atoms with Gasteiger partial charge in [0.2, 0.25) is 0 Å². The van der Waals surface area contributed by atoms with Gasteiger partial charge in [-0.3, -0.25) is 9.69 Å². The third-order valence-electron chi connectivity index (χ3n) is 4.22. The Balaban J connectivity index is 1.94. The Bertz CT molecular complexity index is 309. The van der Waals surface area contributed by atoms with Crippen molar-refractivity contribution in [1.82, 2.24) is 9.80 Å². The van der Waals surface area contributed by atoms with E-state index in [1.807, 2.05) is 0 Å². The third kappa shape index (κ3) is 3.68. The van der Waals surface area contributed by atoms with Crippen LogP contribution in [0.1, 0.15) is 12.8 Å². The first-order valence-electron chi connectivity index (χ1n) is 7.16. The van der Waals surface area contributed by atoms with Crippen molar-refractivity contribution in [3.63, 3.8) is 0 Å². The molecule has 0 aliphatic carbocycles. The zero-order chi connectivity index (χ0) is 13.8. The van der Waals surface area contributed by atoms with Gasteiger partial charge in [0.15, 0.2) is 0 Å². The Morgan fingerprint density at radius 2 is 2.21 bits per heavy atom. The molecular formula is C14H26N2O3. The number of esters is 1. The van der Waals surface area contributed by atoms with E-state index >= 15 is 0 Å². The van der Waals surface area contributed by atoms with Crippen molar-refractivity contribution in [1.29, 1.82) is 0 Å². The highest BCUT2D eigenvalue weighted by Gasteiger charge is 2.37. The summed E-state index contributed by atoms with van der Waals surface area (Å²) in [5.41, 5.74) is 0. The number of ether oxygens (including phenoxy) is 2. The predicted molar refractivity (Wildman–Crippen MR) is 73.0 cm³/mol. The van der Waals surface area contributed by atoms with E-state index < -0.39 is 0 Å². The van der Waals surface area contributed by atoms with Gasteiger partial charge in [0.05, 0.1) is 26.2 Å². The Kier molecular flexibility index (Phi) is 5.19. The fraction of sp³-hybridized carbons (Fsp3) is 0.929. The molecule has 0 amide bonds. The van der Waals surface area contributed by atoms with Gasteiger partial charge in [-0.25, -0.2) is 0 Å². The standard InChI is InChI=1S/C14H26N2O3/c1-15(2)7-12-9-19-10-13(12)16-6-4-5-11(8-16)14(17)18-3/h11-13H,4-10H2,1-3H3. The highest BCUT2D eigenvalue weighted by molar-refractivity contribution is 5.72. The highest BCUT2D eigenvalue weighted by Crippen LogP contribution is 2.26. The van der Waals surface area contributed by atoms with Crippen LogP contribution in [-0.4, -0.2) is 75.9 Å². The summed E-state index contributed by atoms with van der Waals surface area (Å²) in [6, 6.07) is 0.454. The number of rotatable bonds is 4. The van der Waals surface area contributed by atoms with Crippen LogP contribution in [0.5, 0.6) is 0 Å². The number of methoxy groups -OCH3 is 1. The van der Waals surface area contributed by atoms with Crippen LogP contribution in [0.15, 0.2) is 0 Å². The van der Waals surface area contributed by atoms with E-state index in [2.05, 4.69) is 23.9 Å². The number of carbonyl (C=O) groups excluding carboxylic acids is 1. The Hall–Kier alpha value is -0.650. The van der Waals surface area contributed by atoms with Crippen LogP contribution in [0.25, 0.3) is 0 Å². The molecular weight excluding hydrogens is 244 g/mol. The number of piperidine rings is 1. The summed E-state index contributed by atoms with van der Waals surface area (Å²) in [5, 5.41) is 0. The first-order valence-corrected chi connectivity index (χ1v) is 7.16. The van der Waals surface area contributed by atoms with Gasteiger partial charge in [0.25, 0.3) is 0 Å². The molecule has 2 aliphatic rings. The lowest BCUT2D eigenvalue weighted by Gasteiger charge is -2.37. The van der Waals surface area contributed by atoms with E-state index in [4.69, 9.17) is 9.47 Å². The van der Waals surface area contributed by atoms with E-state index in [0.717, 1.165) is 45.7 Å². The molecule has 2 heterocycles. The molecule has 0 spiro atoms. The van der Waals surface area contributed by atoms with Gasteiger partial charge in [0, 0.05) is 25.0 Å². The van der Waals surface area contributed by atoms with Crippen molar-refractivity contribution in [2.75, 3.05) is 54.1 Å². The number of likely N-dealkylation sites (tertiary alicyclic amines) is 1. The van der Waals surface area contributed by atoms with Gasteiger partial charge in [-0.15, -0.1) is 0 Å². The molecule has 0 saturated carbocycles. The maximum atomic E-state index is 11.7. The number of hydrogen-bond acceptors (Lipinski definition) is 5. The fourth-order valence-electron chi connectivity index (χ4n) is 3.30. The van der Waals surface area contributed by atoms with Gasteiger partial charge in [-0.05, 0) is 33.5 Å². The predicted octanol–water partition coefficient (Wildman–Crippen LogP) is 0.448. The summed E-state index contributed by atoms with van der Waals surface area (Å²) < 4.78 is 10.5. The molecule has 0 aromatic heterocycles. The molecule has 0 aromatic rings. The summed E-state index contributed by atoms with van der Waals surface area (Å²) >= 11 is 0. The number of carbonyl (C=O) groups is 1. The van der Waals surface area contributed by atoms with Crippen LogP contribution < -0.4 is 0 Å². The SMILES string of the molecule is COC(=O)C1CCCN(C2COCC2CN(C)C)C1.